The maximum absolute atomic E-state index is 12.3. The van der Waals surface area contributed by atoms with Gasteiger partial charge in [0.1, 0.15) is 36.6 Å². The highest BCUT2D eigenvalue weighted by atomic mass is 32.2. The number of hydroxylamine groups is 2. The summed E-state index contributed by atoms with van der Waals surface area (Å²) in [6.07, 6.45) is -0.627. The Labute approximate surface area is 234 Å². The van der Waals surface area contributed by atoms with E-state index in [1.807, 2.05) is 28.8 Å². The number of carbonyl (C=O) groups excluding carboxylic acids is 3. The van der Waals surface area contributed by atoms with Crippen molar-refractivity contribution in [3.8, 4) is 23.0 Å². The number of hydrogen-bond donors (Lipinski definition) is 1. The molecule has 4 aliphatic rings. The van der Waals surface area contributed by atoms with Crippen molar-refractivity contribution in [2.45, 2.75) is 31.4 Å². The minimum atomic E-state index is -4.79. The average Bonchev–Trinajstić information content (AvgIpc) is 3.22. The van der Waals surface area contributed by atoms with Crippen LogP contribution < -0.4 is 34.4 Å². The standard InChI is InChI=1S/C26H26N4O10S/c1-2-28-6-8-37-21-10-15-19(12-17(21)28)39-20-13-18-22(11-16(20)27-15)38-9-7-29(18)5-3-4-25(32)40-30-24(31)14-23(26(30)33)41(34,35)36/h10-13,23H,2-9,14H2,1H3/p+1. The Morgan fingerprint density at radius 3 is 2.68 bits per heavy atom. The van der Waals surface area contributed by atoms with Gasteiger partial charge in [-0.05, 0) is 6.92 Å². The van der Waals surface area contributed by atoms with Crippen LogP contribution in [0.5, 0.6) is 23.0 Å². The summed E-state index contributed by atoms with van der Waals surface area (Å²) in [4.78, 5) is 48.1. The van der Waals surface area contributed by atoms with E-state index in [-0.39, 0.29) is 11.5 Å². The number of carbonyl (C=O) groups is 3. The van der Waals surface area contributed by atoms with E-state index >= 15 is 0 Å². The molecule has 1 fully saturated rings. The van der Waals surface area contributed by atoms with Crippen molar-refractivity contribution < 1.29 is 46.4 Å². The number of hydrogen-bond acceptors (Lipinski definition) is 11. The van der Waals surface area contributed by atoms with Crippen LogP contribution in [0.3, 0.4) is 0 Å². The summed E-state index contributed by atoms with van der Waals surface area (Å²) >= 11 is 0. The van der Waals surface area contributed by atoms with E-state index < -0.39 is 39.6 Å². The Bertz CT molecular complexity index is 1710. The van der Waals surface area contributed by atoms with E-state index in [4.69, 9.17) is 28.6 Å². The third-order valence-electron chi connectivity index (χ3n) is 7.27. The molecule has 0 bridgehead atoms. The van der Waals surface area contributed by atoms with Gasteiger partial charge in [0.05, 0.1) is 31.1 Å². The van der Waals surface area contributed by atoms with Gasteiger partial charge in [-0.1, -0.05) is 0 Å². The maximum Gasteiger partial charge on any atom is 0.333 e. The van der Waals surface area contributed by atoms with Crippen molar-refractivity contribution in [2.75, 3.05) is 44.3 Å². The van der Waals surface area contributed by atoms with Crippen LogP contribution >= 0.6 is 0 Å². The molecule has 0 saturated carbocycles. The normalized spacial score (nSPS) is 19.2. The molecule has 2 aromatic rings. The van der Waals surface area contributed by atoms with E-state index in [2.05, 4.69) is 11.8 Å². The van der Waals surface area contributed by atoms with Crippen LogP contribution in [0.25, 0.3) is 0 Å². The lowest BCUT2D eigenvalue weighted by Gasteiger charge is -2.31. The van der Waals surface area contributed by atoms with Gasteiger partial charge in [0.15, 0.2) is 29.0 Å². The molecule has 2 amide bonds. The summed E-state index contributed by atoms with van der Waals surface area (Å²) in [6.45, 7) is 5.70. The molecule has 1 atom stereocenters. The van der Waals surface area contributed by atoms with Crippen molar-refractivity contribution in [1.29, 1.82) is 0 Å². The lowest BCUT2D eigenvalue weighted by Crippen LogP contribution is -2.41. The van der Waals surface area contributed by atoms with Crippen molar-refractivity contribution in [3.05, 3.63) is 35.0 Å². The summed E-state index contributed by atoms with van der Waals surface area (Å²) in [5, 5.41) is -0.477. The molecule has 2 aromatic carbocycles. The first-order chi connectivity index (χ1) is 19.6. The highest BCUT2D eigenvalue weighted by Gasteiger charge is 2.48. The van der Waals surface area contributed by atoms with Crippen LogP contribution in [0.1, 0.15) is 26.2 Å². The summed E-state index contributed by atoms with van der Waals surface area (Å²) in [6, 6.07) is 7.47. The predicted octanol–water partition coefficient (Wildman–Crippen LogP) is 0.0995. The first kappa shape index (κ1) is 27.0. The van der Waals surface area contributed by atoms with Gasteiger partial charge < -0.3 is 23.9 Å². The number of amides is 2. The van der Waals surface area contributed by atoms with Crippen molar-refractivity contribution >= 4 is 39.3 Å². The fraction of sp³-hybridized carbons (Fsp3) is 0.423. The molecule has 15 heteroatoms. The van der Waals surface area contributed by atoms with Crippen LogP contribution in [0.15, 0.2) is 29.3 Å². The Balaban J connectivity index is 1.18. The van der Waals surface area contributed by atoms with Gasteiger partial charge in [0, 0.05) is 31.2 Å². The first-order valence-corrected chi connectivity index (χ1v) is 14.7. The van der Waals surface area contributed by atoms with E-state index in [0.717, 1.165) is 29.9 Å². The molecule has 4 heterocycles. The number of imide groups is 1. The summed E-state index contributed by atoms with van der Waals surface area (Å²) in [5.41, 5.74) is 1.62. The number of likely N-dealkylation sites (N-methyl/N-ethyl adjacent to an activating group) is 1. The topological polar surface area (TPSA) is 164 Å². The van der Waals surface area contributed by atoms with Gasteiger partial charge in [0.25, 0.3) is 21.9 Å². The number of fused-ring (bicyclic) bond motifs is 4. The van der Waals surface area contributed by atoms with Crippen LogP contribution in [-0.4, -0.2) is 80.5 Å². The van der Waals surface area contributed by atoms with E-state index in [9.17, 15) is 22.8 Å². The maximum atomic E-state index is 12.3. The number of anilines is 1. The molecule has 1 N–H and O–H groups in total. The van der Waals surface area contributed by atoms with Crippen LogP contribution in [0.4, 0.5) is 11.4 Å². The molecule has 0 radical (unpaired) electrons. The van der Waals surface area contributed by atoms with Crippen LogP contribution in [0.2, 0.25) is 0 Å². The Morgan fingerprint density at radius 1 is 1.12 bits per heavy atom. The van der Waals surface area contributed by atoms with Gasteiger partial charge in [-0.2, -0.15) is 8.42 Å². The largest absolute Gasteiger partial charge is 0.489 e. The first-order valence-electron chi connectivity index (χ1n) is 13.2. The number of benzene rings is 2. The lowest BCUT2D eigenvalue weighted by molar-refractivity contribution is -0.197. The summed E-state index contributed by atoms with van der Waals surface area (Å²) in [5.74, 6) is -0.625. The minimum absolute atomic E-state index is 0.110. The molecule has 14 nitrogen and oxygen atoms in total. The van der Waals surface area contributed by atoms with Crippen molar-refractivity contribution in [2.24, 2.45) is 4.99 Å². The van der Waals surface area contributed by atoms with E-state index in [1.165, 1.54) is 0 Å². The third kappa shape index (κ3) is 5.06. The average molecular weight is 588 g/mol. The minimum Gasteiger partial charge on any atom is -0.489 e. The molecule has 0 aliphatic carbocycles. The molecule has 1 unspecified atom stereocenters. The highest BCUT2D eigenvalue weighted by Crippen LogP contribution is 2.44. The molecular formula is C26H27N4O10S+. The van der Waals surface area contributed by atoms with Crippen molar-refractivity contribution in [3.63, 3.8) is 0 Å². The zero-order chi connectivity index (χ0) is 28.9. The molecular weight excluding hydrogens is 560 g/mol. The zero-order valence-corrected chi connectivity index (χ0v) is 22.9. The van der Waals surface area contributed by atoms with Gasteiger partial charge in [-0.25, -0.2) is 14.4 Å². The number of rotatable bonds is 7. The Kier molecular flexibility index (Phi) is 6.77. The molecule has 6 rings (SSSR count). The van der Waals surface area contributed by atoms with E-state index in [0.29, 0.717) is 61.0 Å². The monoisotopic (exact) mass is 587 g/mol. The van der Waals surface area contributed by atoms with E-state index in [1.54, 1.807) is 0 Å². The fourth-order valence-electron chi connectivity index (χ4n) is 5.19. The molecule has 216 valence electrons. The second kappa shape index (κ2) is 10.3. The zero-order valence-electron chi connectivity index (χ0n) is 22.1. The number of nitrogens with zero attached hydrogens (tertiary/aromatic N) is 4. The Morgan fingerprint density at radius 2 is 1.93 bits per heavy atom. The molecule has 4 aliphatic heterocycles. The van der Waals surface area contributed by atoms with Crippen LogP contribution in [0, 0.1) is 0 Å². The quantitative estimate of drug-likeness (QED) is 0.226. The second-order valence-electron chi connectivity index (χ2n) is 9.85. The van der Waals surface area contributed by atoms with Gasteiger partial charge >= 0.3 is 5.97 Å². The highest BCUT2D eigenvalue weighted by molar-refractivity contribution is 7.87. The Hall–Kier alpha value is -4.24. The lowest BCUT2D eigenvalue weighted by atomic mass is 10.1. The summed E-state index contributed by atoms with van der Waals surface area (Å²) < 4.78 is 51.7. The fourth-order valence-corrected chi connectivity index (χ4v) is 5.90. The van der Waals surface area contributed by atoms with Crippen LogP contribution in [-0.2, 0) is 29.3 Å². The SMILES string of the molecule is CCN1CCOc2cc3c(cc21)Oc1cc2c(cc1=N3)OCC[N+]=2CCCC(=O)ON1C(=O)CC(S(=O)(=O)O)C1=O. The molecule has 1 saturated heterocycles. The second-order valence-corrected chi connectivity index (χ2v) is 11.5. The molecule has 41 heavy (non-hydrogen) atoms. The van der Waals surface area contributed by atoms with Gasteiger partial charge in [-0.3, -0.25) is 14.1 Å². The van der Waals surface area contributed by atoms with Gasteiger partial charge in [0.2, 0.25) is 5.36 Å². The third-order valence-corrected chi connectivity index (χ3v) is 8.35. The molecule has 0 aromatic heterocycles. The van der Waals surface area contributed by atoms with Crippen molar-refractivity contribution in [1.82, 2.24) is 9.64 Å². The summed E-state index contributed by atoms with van der Waals surface area (Å²) in [7, 11) is -4.79. The smallest absolute Gasteiger partial charge is 0.333 e. The number of ether oxygens (including phenoxy) is 3. The predicted molar refractivity (Wildman–Crippen MR) is 140 cm³/mol. The molecule has 0 spiro atoms. The van der Waals surface area contributed by atoms with Gasteiger partial charge in [-0.15, -0.1) is 5.06 Å².